The van der Waals surface area contributed by atoms with Gasteiger partial charge in [-0.25, -0.2) is 13.4 Å². The molecular weight excluding hydrogens is 402 g/mol. The van der Waals surface area contributed by atoms with Crippen LogP contribution in [-0.2, 0) is 16.6 Å². The molecule has 8 heteroatoms. The summed E-state index contributed by atoms with van der Waals surface area (Å²) < 4.78 is 38.8. The average Bonchev–Trinajstić information content (AvgIpc) is 3.51. The zero-order chi connectivity index (χ0) is 21.5. The first-order valence-corrected chi connectivity index (χ1v) is 11.9. The Morgan fingerprint density at radius 1 is 1.30 bits per heavy atom. The summed E-state index contributed by atoms with van der Waals surface area (Å²) in [5.74, 6) is 2.18. The highest BCUT2D eigenvalue weighted by Crippen LogP contribution is 2.40. The van der Waals surface area contributed by atoms with Gasteiger partial charge in [0.05, 0.1) is 11.4 Å². The Morgan fingerprint density at radius 2 is 2.07 bits per heavy atom. The molecule has 1 aromatic carbocycles. The van der Waals surface area contributed by atoms with Gasteiger partial charge in [-0.15, -0.1) is 0 Å². The number of anilines is 1. The van der Waals surface area contributed by atoms with E-state index in [0.29, 0.717) is 43.5 Å². The molecule has 2 aliphatic rings. The second kappa shape index (κ2) is 7.74. The molecule has 0 spiro atoms. The van der Waals surface area contributed by atoms with Gasteiger partial charge in [0.25, 0.3) is 0 Å². The summed E-state index contributed by atoms with van der Waals surface area (Å²) in [6, 6.07) is 7.57. The van der Waals surface area contributed by atoms with Crippen molar-refractivity contribution in [2.24, 2.45) is 11.7 Å². The van der Waals surface area contributed by atoms with E-state index in [2.05, 4.69) is 23.6 Å². The van der Waals surface area contributed by atoms with Crippen molar-refractivity contribution in [2.45, 2.75) is 57.4 Å². The van der Waals surface area contributed by atoms with Crippen LogP contribution in [0.4, 0.5) is 5.82 Å². The van der Waals surface area contributed by atoms with Gasteiger partial charge in [0.1, 0.15) is 30.5 Å². The van der Waals surface area contributed by atoms with Crippen LogP contribution in [0.3, 0.4) is 0 Å². The Kier molecular flexibility index (Phi) is 5.40. The number of nitrogens with zero attached hydrogens (tertiary/aromatic N) is 1. The zero-order valence-corrected chi connectivity index (χ0v) is 18.5. The van der Waals surface area contributed by atoms with Crippen LogP contribution in [0, 0.1) is 5.92 Å². The molecule has 1 atom stereocenters. The van der Waals surface area contributed by atoms with Crippen molar-refractivity contribution in [3.63, 3.8) is 0 Å². The lowest BCUT2D eigenvalue weighted by Crippen LogP contribution is -2.43. The quantitative estimate of drug-likeness (QED) is 0.661. The van der Waals surface area contributed by atoms with Gasteiger partial charge in [0.15, 0.2) is 0 Å². The Labute approximate surface area is 178 Å². The number of nitrogens with two attached hydrogens (primary N) is 1. The second-order valence-electron chi connectivity index (χ2n) is 9.06. The molecule has 0 radical (unpaired) electrons. The molecule has 4 rings (SSSR count). The molecule has 2 aromatic rings. The molecule has 0 amide bonds. The van der Waals surface area contributed by atoms with Gasteiger partial charge in [-0.05, 0) is 55.9 Å². The molecule has 1 aliphatic heterocycles. The largest absolute Gasteiger partial charge is 0.492 e. The van der Waals surface area contributed by atoms with Gasteiger partial charge in [-0.1, -0.05) is 19.9 Å². The van der Waals surface area contributed by atoms with E-state index in [0.717, 1.165) is 28.9 Å². The third-order valence-corrected chi connectivity index (χ3v) is 7.11. The van der Waals surface area contributed by atoms with Crippen LogP contribution < -0.4 is 19.9 Å². The van der Waals surface area contributed by atoms with Gasteiger partial charge in [0, 0.05) is 16.7 Å². The topological polar surface area (TPSA) is 104 Å². The molecule has 3 N–H and O–H groups in total. The molecule has 1 saturated carbocycles. The van der Waals surface area contributed by atoms with Gasteiger partial charge >= 0.3 is 0 Å². The number of fused-ring (bicyclic) bond motifs is 3. The monoisotopic (exact) mass is 431 g/mol. The van der Waals surface area contributed by atoms with Crippen LogP contribution in [0.15, 0.2) is 30.5 Å². The van der Waals surface area contributed by atoms with Crippen molar-refractivity contribution in [3.05, 3.63) is 36.0 Å². The molecule has 0 bridgehead atoms. The Bertz CT molecular complexity index is 1050. The number of hydrogen-bond acceptors (Lipinski definition) is 6. The summed E-state index contributed by atoms with van der Waals surface area (Å²) in [7, 11) is -3.37. The summed E-state index contributed by atoms with van der Waals surface area (Å²) in [5, 5.41) is -0.303. The molecule has 30 heavy (non-hydrogen) atoms. The van der Waals surface area contributed by atoms with Crippen molar-refractivity contribution in [1.82, 2.24) is 4.98 Å². The molecule has 1 aliphatic carbocycles. The highest BCUT2D eigenvalue weighted by Gasteiger charge is 2.36. The average molecular weight is 432 g/mol. The van der Waals surface area contributed by atoms with E-state index >= 15 is 0 Å². The molecule has 2 heterocycles. The van der Waals surface area contributed by atoms with Crippen LogP contribution in [0.25, 0.3) is 11.1 Å². The first-order valence-electron chi connectivity index (χ1n) is 10.3. The molecular formula is C22H29N3O4S. The molecule has 162 valence electrons. The highest BCUT2D eigenvalue weighted by molar-refractivity contribution is 7.93. The maximum absolute atomic E-state index is 12.2. The van der Waals surface area contributed by atoms with Gasteiger partial charge in [0.2, 0.25) is 10.0 Å². The van der Waals surface area contributed by atoms with Crippen molar-refractivity contribution < 1.29 is 17.9 Å². The van der Waals surface area contributed by atoms with Gasteiger partial charge in [-0.2, -0.15) is 0 Å². The minimum Gasteiger partial charge on any atom is -0.492 e. The van der Waals surface area contributed by atoms with E-state index in [1.165, 1.54) is 0 Å². The van der Waals surface area contributed by atoms with Crippen molar-refractivity contribution in [2.75, 3.05) is 11.3 Å². The minimum absolute atomic E-state index is 0.303. The molecule has 1 unspecified atom stereocenters. The van der Waals surface area contributed by atoms with Crippen LogP contribution in [-0.4, -0.2) is 30.8 Å². The SMILES string of the molecule is CC(C)CC(C)(N)COc1ccc2c(c1)COc1cnc(NS(=O)(=O)C3CC3)cc1-2. The number of benzene rings is 1. The third kappa shape index (κ3) is 4.70. The lowest BCUT2D eigenvalue weighted by Gasteiger charge is -2.27. The predicted molar refractivity (Wildman–Crippen MR) is 117 cm³/mol. The Hall–Kier alpha value is -2.32. The number of ether oxygens (including phenoxy) is 2. The summed E-state index contributed by atoms with van der Waals surface area (Å²) in [5.41, 5.74) is 8.72. The standard InChI is InChI=1S/C22H29N3O4S/c1-14(2)10-22(3,23)13-29-16-4-7-18-15(8-16)12-28-20-11-24-21(9-19(18)20)25-30(26,27)17-5-6-17/h4,7-9,11,14,17H,5-6,10,12-13,23H2,1-3H3,(H,24,25). The van der Waals surface area contributed by atoms with E-state index in [1.54, 1.807) is 12.3 Å². The summed E-state index contributed by atoms with van der Waals surface area (Å²) in [6.07, 6.45) is 3.85. The summed E-state index contributed by atoms with van der Waals surface area (Å²) in [6.45, 7) is 7.12. The molecule has 1 fully saturated rings. The van der Waals surface area contributed by atoms with E-state index in [9.17, 15) is 8.42 Å². The van der Waals surface area contributed by atoms with Crippen LogP contribution in [0.5, 0.6) is 11.5 Å². The molecule has 7 nitrogen and oxygen atoms in total. The highest BCUT2D eigenvalue weighted by atomic mass is 32.2. The molecule has 0 saturated heterocycles. The smallest absolute Gasteiger partial charge is 0.236 e. The number of sulfonamides is 1. The van der Waals surface area contributed by atoms with Crippen LogP contribution in [0.2, 0.25) is 0 Å². The Balaban J connectivity index is 1.53. The van der Waals surface area contributed by atoms with E-state index in [4.69, 9.17) is 15.2 Å². The van der Waals surface area contributed by atoms with Crippen molar-refractivity contribution in [1.29, 1.82) is 0 Å². The van der Waals surface area contributed by atoms with Gasteiger partial charge < -0.3 is 15.2 Å². The summed E-state index contributed by atoms with van der Waals surface area (Å²) in [4.78, 5) is 4.20. The zero-order valence-electron chi connectivity index (χ0n) is 17.6. The number of rotatable bonds is 8. The third-order valence-electron chi connectivity index (χ3n) is 5.27. The number of nitrogens with one attached hydrogen (secondary N) is 1. The lowest BCUT2D eigenvalue weighted by atomic mass is 9.93. The van der Waals surface area contributed by atoms with E-state index in [-0.39, 0.29) is 5.25 Å². The fourth-order valence-electron chi connectivity index (χ4n) is 3.87. The predicted octanol–water partition coefficient (Wildman–Crippen LogP) is 3.69. The summed E-state index contributed by atoms with van der Waals surface area (Å²) >= 11 is 0. The number of pyridine rings is 1. The lowest BCUT2D eigenvalue weighted by molar-refractivity contribution is 0.206. The second-order valence-corrected chi connectivity index (χ2v) is 11.0. The fourth-order valence-corrected chi connectivity index (χ4v) is 5.20. The van der Waals surface area contributed by atoms with E-state index in [1.807, 2.05) is 25.1 Å². The van der Waals surface area contributed by atoms with Crippen molar-refractivity contribution >= 4 is 15.8 Å². The first-order chi connectivity index (χ1) is 14.1. The first kappa shape index (κ1) is 20.9. The number of hydrogen-bond donors (Lipinski definition) is 2. The molecule has 1 aromatic heterocycles. The number of aromatic nitrogens is 1. The minimum atomic E-state index is -3.37. The maximum Gasteiger partial charge on any atom is 0.236 e. The Morgan fingerprint density at radius 3 is 2.77 bits per heavy atom. The van der Waals surface area contributed by atoms with Crippen molar-refractivity contribution in [3.8, 4) is 22.6 Å². The van der Waals surface area contributed by atoms with Crippen LogP contribution >= 0.6 is 0 Å². The van der Waals surface area contributed by atoms with E-state index < -0.39 is 15.6 Å². The fraction of sp³-hybridized carbons (Fsp3) is 0.500. The maximum atomic E-state index is 12.2. The van der Waals surface area contributed by atoms with Crippen LogP contribution in [0.1, 0.15) is 45.6 Å². The normalized spacial score (nSPS) is 17.5. The van der Waals surface area contributed by atoms with Gasteiger partial charge in [-0.3, -0.25) is 4.72 Å².